The monoisotopic (exact) mass is 280 g/mol. The highest BCUT2D eigenvalue weighted by Crippen LogP contribution is 2.32. The predicted molar refractivity (Wildman–Crippen MR) is 83.3 cm³/mol. The Bertz CT molecular complexity index is 737. The summed E-state index contributed by atoms with van der Waals surface area (Å²) in [5, 5.41) is 2.61. The maximum Gasteiger partial charge on any atom is 0.296 e. The molecule has 0 spiro atoms. The van der Waals surface area contributed by atoms with Crippen molar-refractivity contribution in [3.8, 4) is 0 Å². The van der Waals surface area contributed by atoms with Crippen LogP contribution in [0, 0.1) is 6.92 Å². The zero-order chi connectivity index (χ0) is 15.0. The summed E-state index contributed by atoms with van der Waals surface area (Å²) in [7, 11) is 0. The molecule has 0 aromatic heterocycles. The van der Waals surface area contributed by atoms with Crippen molar-refractivity contribution in [3.05, 3.63) is 53.6 Å². The van der Waals surface area contributed by atoms with Crippen LogP contribution in [0.25, 0.3) is 0 Å². The number of hydrogen-bond donors (Lipinski definition) is 1. The first kappa shape index (κ1) is 13.4. The standard InChI is InChI=1S/C17H16N2O2/c1-3-19(12-6-4-5-11(2)9-12)13-7-8-14-15(10-13)18-17(21)16(14)20/h4-10H,3H2,1-2H3,(H,18,20,21). The lowest BCUT2D eigenvalue weighted by Crippen LogP contribution is -2.16. The van der Waals surface area contributed by atoms with Crippen LogP contribution in [0.1, 0.15) is 22.8 Å². The third-order valence-corrected chi connectivity index (χ3v) is 3.64. The Morgan fingerprint density at radius 3 is 2.52 bits per heavy atom. The minimum atomic E-state index is -0.555. The minimum absolute atomic E-state index is 0.448. The number of amides is 1. The minimum Gasteiger partial charge on any atom is -0.342 e. The molecule has 0 bridgehead atoms. The number of aryl methyl sites for hydroxylation is 1. The average molecular weight is 280 g/mol. The molecule has 2 aromatic carbocycles. The molecule has 0 aliphatic carbocycles. The van der Waals surface area contributed by atoms with E-state index in [1.165, 1.54) is 5.56 Å². The number of anilines is 3. The van der Waals surface area contributed by atoms with Crippen molar-refractivity contribution >= 4 is 28.8 Å². The molecule has 3 rings (SSSR count). The predicted octanol–water partition coefficient (Wildman–Crippen LogP) is 3.29. The molecule has 21 heavy (non-hydrogen) atoms. The molecule has 4 nitrogen and oxygen atoms in total. The number of rotatable bonds is 3. The molecule has 106 valence electrons. The second-order valence-corrected chi connectivity index (χ2v) is 5.10. The molecule has 1 heterocycles. The molecule has 0 atom stereocenters. The van der Waals surface area contributed by atoms with Gasteiger partial charge in [-0.1, -0.05) is 12.1 Å². The van der Waals surface area contributed by atoms with Gasteiger partial charge in [0.1, 0.15) is 0 Å². The van der Waals surface area contributed by atoms with E-state index in [0.717, 1.165) is 17.9 Å². The molecule has 1 aliphatic rings. The number of Topliss-reactive ketones (excluding diaryl/α,β-unsaturated/α-hetero) is 1. The van der Waals surface area contributed by atoms with E-state index in [-0.39, 0.29) is 0 Å². The largest absolute Gasteiger partial charge is 0.342 e. The quantitative estimate of drug-likeness (QED) is 0.878. The van der Waals surface area contributed by atoms with Gasteiger partial charge in [-0.2, -0.15) is 0 Å². The van der Waals surface area contributed by atoms with Gasteiger partial charge in [0.2, 0.25) is 0 Å². The highest BCUT2D eigenvalue weighted by atomic mass is 16.2. The SMILES string of the molecule is CCN(c1cccc(C)c1)c1ccc2c(c1)NC(=O)C2=O. The first-order valence-corrected chi connectivity index (χ1v) is 6.94. The second-order valence-electron chi connectivity index (χ2n) is 5.10. The third kappa shape index (κ3) is 2.29. The van der Waals surface area contributed by atoms with Crippen LogP contribution in [-0.2, 0) is 4.79 Å². The van der Waals surface area contributed by atoms with Crippen LogP contribution in [0.4, 0.5) is 17.1 Å². The van der Waals surface area contributed by atoms with E-state index >= 15 is 0 Å². The van der Waals surface area contributed by atoms with E-state index in [2.05, 4.69) is 36.2 Å². The number of benzene rings is 2. The van der Waals surface area contributed by atoms with Crippen molar-refractivity contribution in [3.63, 3.8) is 0 Å². The molecule has 0 radical (unpaired) electrons. The summed E-state index contributed by atoms with van der Waals surface area (Å²) in [6.45, 7) is 4.92. The van der Waals surface area contributed by atoms with Crippen molar-refractivity contribution in [2.75, 3.05) is 16.8 Å². The Labute approximate surface area is 123 Å². The first-order chi connectivity index (χ1) is 10.1. The lowest BCUT2D eigenvalue weighted by molar-refractivity contribution is -0.112. The van der Waals surface area contributed by atoms with Crippen LogP contribution in [0.2, 0.25) is 0 Å². The third-order valence-electron chi connectivity index (χ3n) is 3.64. The number of ketones is 1. The molecule has 0 saturated carbocycles. The van der Waals surface area contributed by atoms with Crippen molar-refractivity contribution in [2.24, 2.45) is 0 Å². The number of hydrogen-bond acceptors (Lipinski definition) is 3. The van der Waals surface area contributed by atoms with E-state index in [4.69, 9.17) is 0 Å². The van der Waals surface area contributed by atoms with Crippen LogP contribution < -0.4 is 10.2 Å². The van der Waals surface area contributed by atoms with Gasteiger partial charge in [0.05, 0.1) is 11.3 Å². The van der Waals surface area contributed by atoms with Gasteiger partial charge in [-0.3, -0.25) is 9.59 Å². The number of fused-ring (bicyclic) bond motifs is 1. The zero-order valence-electron chi connectivity index (χ0n) is 12.0. The zero-order valence-corrected chi connectivity index (χ0v) is 12.0. The van der Waals surface area contributed by atoms with Crippen molar-refractivity contribution in [2.45, 2.75) is 13.8 Å². The Kier molecular flexibility index (Phi) is 3.22. The van der Waals surface area contributed by atoms with Gasteiger partial charge in [-0.15, -0.1) is 0 Å². The van der Waals surface area contributed by atoms with Crippen LogP contribution in [0.3, 0.4) is 0 Å². The molecular formula is C17H16N2O2. The Morgan fingerprint density at radius 2 is 1.81 bits per heavy atom. The summed E-state index contributed by atoms with van der Waals surface area (Å²) >= 11 is 0. The molecule has 0 fully saturated rings. The second kappa shape index (κ2) is 5.05. The molecule has 1 aliphatic heterocycles. The summed E-state index contributed by atoms with van der Waals surface area (Å²) in [5.41, 5.74) is 4.28. The van der Waals surface area contributed by atoms with E-state index in [9.17, 15) is 9.59 Å². The lowest BCUT2D eigenvalue weighted by Gasteiger charge is -2.24. The molecule has 1 amide bonds. The Balaban J connectivity index is 2.02. The maximum atomic E-state index is 11.6. The van der Waals surface area contributed by atoms with E-state index in [1.54, 1.807) is 6.07 Å². The van der Waals surface area contributed by atoms with Crippen LogP contribution in [0.5, 0.6) is 0 Å². The van der Waals surface area contributed by atoms with Gasteiger partial charge in [-0.05, 0) is 49.7 Å². The van der Waals surface area contributed by atoms with Crippen LogP contribution in [0.15, 0.2) is 42.5 Å². The summed E-state index contributed by atoms with van der Waals surface area (Å²) < 4.78 is 0. The van der Waals surface area contributed by atoms with Gasteiger partial charge in [0, 0.05) is 17.9 Å². The molecule has 1 N–H and O–H groups in total. The van der Waals surface area contributed by atoms with E-state index in [0.29, 0.717) is 11.3 Å². The molecule has 4 heteroatoms. The normalized spacial score (nSPS) is 13.0. The Morgan fingerprint density at radius 1 is 1.05 bits per heavy atom. The van der Waals surface area contributed by atoms with Crippen molar-refractivity contribution in [1.82, 2.24) is 0 Å². The smallest absolute Gasteiger partial charge is 0.296 e. The average Bonchev–Trinajstić information content (AvgIpc) is 2.75. The molecule has 2 aromatic rings. The number of nitrogens with zero attached hydrogens (tertiary/aromatic N) is 1. The number of nitrogens with one attached hydrogen (secondary N) is 1. The van der Waals surface area contributed by atoms with Crippen LogP contribution >= 0.6 is 0 Å². The molecular weight excluding hydrogens is 264 g/mol. The van der Waals surface area contributed by atoms with Gasteiger partial charge < -0.3 is 10.2 Å². The first-order valence-electron chi connectivity index (χ1n) is 6.94. The van der Waals surface area contributed by atoms with Crippen LogP contribution in [-0.4, -0.2) is 18.2 Å². The van der Waals surface area contributed by atoms with Crippen molar-refractivity contribution in [1.29, 1.82) is 0 Å². The fourth-order valence-corrected chi connectivity index (χ4v) is 2.61. The van der Waals surface area contributed by atoms with Gasteiger partial charge in [0.25, 0.3) is 11.7 Å². The van der Waals surface area contributed by atoms with Gasteiger partial charge in [0.15, 0.2) is 0 Å². The van der Waals surface area contributed by atoms with E-state index < -0.39 is 11.7 Å². The summed E-state index contributed by atoms with van der Waals surface area (Å²) in [5.74, 6) is -1.02. The molecule has 0 unspecified atom stereocenters. The lowest BCUT2D eigenvalue weighted by atomic mass is 10.1. The summed E-state index contributed by atoms with van der Waals surface area (Å²) in [6, 6.07) is 13.7. The molecule has 0 saturated heterocycles. The highest BCUT2D eigenvalue weighted by molar-refractivity contribution is 6.51. The van der Waals surface area contributed by atoms with Gasteiger partial charge in [-0.25, -0.2) is 0 Å². The topological polar surface area (TPSA) is 49.4 Å². The maximum absolute atomic E-state index is 11.6. The Hall–Kier alpha value is -2.62. The van der Waals surface area contributed by atoms with Gasteiger partial charge >= 0.3 is 0 Å². The highest BCUT2D eigenvalue weighted by Gasteiger charge is 2.28. The number of carbonyl (C=O) groups excluding carboxylic acids is 2. The van der Waals surface area contributed by atoms with E-state index in [1.807, 2.05) is 24.3 Å². The summed E-state index contributed by atoms with van der Waals surface area (Å²) in [4.78, 5) is 25.2. The number of carbonyl (C=O) groups is 2. The fraction of sp³-hybridized carbons (Fsp3) is 0.176. The fourth-order valence-electron chi connectivity index (χ4n) is 2.61. The summed E-state index contributed by atoms with van der Waals surface area (Å²) in [6.07, 6.45) is 0. The van der Waals surface area contributed by atoms with Crippen molar-refractivity contribution < 1.29 is 9.59 Å².